The van der Waals surface area contributed by atoms with Gasteiger partial charge in [-0.05, 0) is 48.7 Å². The maximum absolute atomic E-state index is 12.8. The second kappa shape index (κ2) is 9.88. The SMILES string of the molecule is CCNCc1ccc(CC(C)NCC(O)c2cccc(C(F)(F)F)c2)cc1. The Hall–Kier alpha value is -1.89. The van der Waals surface area contributed by atoms with Crippen LogP contribution in [0.5, 0.6) is 0 Å². The highest BCUT2D eigenvalue weighted by molar-refractivity contribution is 5.27. The molecule has 0 aromatic heterocycles. The molecule has 0 amide bonds. The van der Waals surface area contributed by atoms with Crippen LogP contribution in [0.3, 0.4) is 0 Å². The first-order valence-electron chi connectivity index (χ1n) is 9.16. The van der Waals surface area contributed by atoms with Crippen molar-refractivity contribution >= 4 is 0 Å². The molecule has 2 aromatic carbocycles. The van der Waals surface area contributed by atoms with Gasteiger partial charge in [-0.15, -0.1) is 0 Å². The first kappa shape index (κ1) is 21.4. The quantitative estimate of drug-likeness (QED) is 0.615. The molecule has 2 aromatic rings. The summed E-state index contributed by atoms with van der Waals surface area (Å²) >= 11 is 0. The zero-order chi connectivity index (χ0) is 19.9. The van der Waals surface area contributed by atoms with Gasteiger partial charge in [0.15, 0.2) is 0 Å². The second-order valence-corrected chi connectivity index (χ2v) is 6.75. The van der Waals surface area contributed by atoms with Crippen LogP contribution in [0.2, 0.25) is 0 Å². The lowest BCUT2D eigenvalue weighted by molar-refractivity contribution is -0.137. The van der Waals surface area contributed by atoms with Gasteiger partial charge in [0.25, 0.3) is 0 Å². The fourth-order valence-electron chi connectivity index (χ4n) is 2.84. The van der Waals surface area contributed by atoms with Crippen molar-refractivity contribution < 1.29 is 18.3 Å². The van der Waals surface area contributed by atoms with Gasteiger partial charge in [0.1, 0.15) is 0 Å². The molecule has 3 nitrogen and oxygen atoms in total. The van der Waals surface area contributed by atoms with Crippen molar-refractivity contribution in [3.63, 3.8) is 0 Å². The molecule has 0 aliphatic heterocycles. The Labute approximate surface area is 158 Å². The number of aliphatic hydroxyl groups excluding tert-OH is 1. The third kappa shape index (κ3) is 6.97. The highest BCUT2D eigenvalue weighted by atomic mass is 19.4. The summed E-state index contributed by atoms with van der Waals surface area (Å²) < 4.78 is 38.4. The zero-order valence-electron chi connectivity index (χ0n) is 15.7. The number of nitrogens with one attached hydrogen (secondary N) is 2. The standard InChI is InChI=1S/C21H27F3N2O/c1-3-25-13-17-9-7-16(8-10-17)11-15(2)26-14-20(27)18-5-4-6-19(12-18)21(22,23)24/h4-10,12,15,20,25-27H,3,11,13-14H2,1-2H3. The van der Waals surface area contributed by atoms with Crippen LogP contribution in [-0.4, -0.2) is 24.2 Å². The van der Waals surface area contributed by atoms with Crippen molar-refractivity contribution in [2.45, 2.75) is 45.1 Å². The minimum absolute atomic E-state index is 0.0880. The van der Waals surface area contributed by atoms with Crippen molar-refractivity contribution in [3.05, 3.63) is 70.8 Å². The predicted octanol–water partition coefficient (Wildman–Crippen LogP) is 4.07. The number of halogens is 3. The Morgan fingerprint density at radius 1 is 1.04 bits per heavy atom. The van der Waals surface area contributed by atoms with Crippen LogP contribution in [0, 0.1) is 0 Å². The molecule has 2 atom stereocenters. The molecule has 0 radical (unpaired) electrons. The average Bonchev–Trinajstić information content (AvgIpc) is 2.65. The van der Waals surface area contributed by atoms with Gasteiger partial charge in [0.2, 0.25) is 0 Å². The van der Waals surface area contributed by atoms with Crippen molar-refractivity contribution in [2.24, 2.45) is 0 Å². The summed E-state index contributed by atoms with van der Waals surface area (Å²) in [6.45, 7) is 6.02. The van der Waals surface area contributed by atoms with Crippen LogP contribution in [0.25, 0.3) is 0 Å². The van der Waals surface area contributed by atoms with E-state index in [1.807, 2.05) is 6.92 Å². The van der Waals surface area contributed by atoms with Gasteiger partial charge in [-0.2, -0.15) is 13.2 Å². The minimum atomic E-state index is -4.41. The Balaban J connectivity index is 1.85. The summed E-state index contributed by atoms with van der Waals surface area (Å²) in [4.78, 5) is 0. The van der Waals surface area contributed by atoms with Gasteiger partial charge in [0, 0.05) is 19.1 Å². The Kier molecular flexibility index (Phi) is 7.83. The van der Waals surface area contributed by atoms with Crippen molar-refractivity contribution in [2.75, 3.05) is 13.1 Å². The predicted molar refractivity (Wildman–Crippen MR) is 101 cm³/mol. The van der Waals surface area contributed by atoms with Crippen molar-refractivity contribution in [1.29, 1.82) is 0 Å². The summed E-state index contributed by atoms with van der Waals surface area (Å²) in [5.74, 6) is 0. The number of rotatable bonds is 9. The van der Waals surface area contributed by atoms with Crippen molar-refractivity contribution in [3.8, 4) is 0 Å². The van der Waals surface area contributed by atoms with Crippen LogP contribution >= 0.6 is 0 Å². The lowest BCUT2D eigenvalue weighted by Crippen LogP contribution is -2.32. The Bertz CT molecular complexity index is 701. The van der Waals surface area contributed by atoms with Gasteiger partial charge < -0.3 is 15.7 Å². The molecule has 0 fully saturated rings. The number of hydrogen-bond acceptors (Lipinski definition) is 3. The Morgan fingerprint density at radius 3 is 2.33 bits per heavy atom. The van der Waals surface area contributed by atoms with Gasteiger partial charge in [0.05, 0.1) is 11.7 Å². The molecular weight excluding hydrogens is 353 g/mol. The molecular formula is C21H27F3N2O. The van der Waals surface area contributed by atoms with Crippen LogP contribution in [0.1, 0.15) is 42.2 Å². The molecule has 2 unspecified atom stereocenters. The maximum atomic E-state index is 12.8. The smallest absolute Gasteiger partial charge is 0.387 e. The van der Waals surface area contributed by atoms with Gasteiger partial charge in [-0.3, -0.25) is 0 Å². The Morgan fingerprint density at radius 2 is 1.70 bits per heavy atom. The number of alkyl halides is 3. The van der Waals surface area contributed by atoms with E-state index in [-0.39, 0.29) is 18.2 Å². The van der Waals surface area contributed by atoms with Crippen molar-refractivity contribution in [1.82, 2.24) is 10.6 Å². The third-order valence-corrected chi connectivity index (χ3v) is 4.40. The summed E-state index contributed by atoms with van der Waals surface area (Å²) in [6, 6.07) is 13.2. The van der Waals surface area contributed by atoms with E-state index in [4.69, 9.17) is 0 Å². The second-order valence-electron chi connectivity index (χ2n) is 6.75. The molecule has 2 rings (SSSR count). The van der Waals surface area contributed by atoms with E-state index in [9.17, 15) is 18.3 Å². The highest BCUT2D eigenvalue weighted by Crippen LogP contribution is 2.30. The van der Waals surface area contributed by atoms with E-state index in [1.165, 1.54) is 23.3 Å². The molecule has 0 aliphatic rings. The van der Waals surface area contributed by atoms with Gasteiger partial charge in [-0.1, -0.05) is 43.3 Å². The van der Waals surface area contributed by atoms with Crippen LogP contribution in [0.15, 0.2) is 48.5 Å². The van der Waals surface area contributed by atoms with Gasteiger partial charge in [-0.25, -0.2) is 0 Å². The zero-order valence-corrected chi connectivity index (χ0v) is 15.7. The largest absolute Gasteiger partial charge is 0.416 e. The summed E-state index contributed by atoms with van der Waals surface area (Å²) in [5, 5.41) is 16.7. The number of benzene rings is 2. The molecule has 0 bridgehead atoms. The summed E-state index contributed by atoms with van der Waals surface area (Å²) in [5.41, 5.74) is 1.91. The van der Waals surface area contributed by atoms with E-state index in [2.05, 4.69) is 41.8 Å². The molecule has 6 heteroatoms. The summed E-state index contributed by atoms with van der Waals surface area (Å²) in [7, 11) is 0. The summed E-state index contributed by atoms with van der Waals surface area (Å²) in [6.07, 6.45) is -4.62. The van der Waals surface area contributed by atoms with Crippen LogP contribution in [0.4, 0.5) is 13.2 Å². The molecule has 148 valence electrons. The molecule has 3 N–H and O–H groups in total. The fourth-order valence-corrected chi connectivity index (χ4v) is 2.84. The normalized spacial score (nSPS) is 14.1. The number of aliphatic hydroxyl groups is 1. The minimum Gasteiger partial charge on any atom is -0.387 e. The topological polar surface area (TPSA) is 44.3 Å². The van der Waals surface area contributed by atoms with Gasteiger partial charge >= 0.3 is 6.18 Å². The molecule has 27 heavy (non-hydrogen) atoms. The van der Waals surface area contributed by atoms with Crippen LogP contribution in [-0.2, 0) is 19.1 Å². The van der Waals surface area contributed by atoms with E-state index in [0.29, 0.717) is 0 Å². The lowest BCUT2D eigenvalue weighted by atomic mass is 10.0. The first-order valence-corrected chi connectivity index (χ1v) is 9.16. The van der Waals surface area contributed by atoms with Crippen LogP contribution < -0.4 is 10.6 Å². The average molecular weight is 380 g/mol. The first-order chi connectivity index (χ1) is 12.8. The molecule has 0 aliphatic carbocycles. The molecule has 0 saturated heterocycles. The number of hydrogen-bond donors (Lipinski definition) is 3. The van der Waals surface area contributed by atoms with E-state index in [0.717, 1.165) is 31.6 Å². The monoisotopic (exact) mass is 380 g/mol. The molecule has 0 heterocycles. The van der Waals surface area contributed by atoms with E-state index >= 15 is 0 Å². The highest BCUT2D eigenvalue weighted by Gasteiger charge is 2.30. The fraction of sp³-hybridized carbons (Fsp3) is 0.429. The van der Waals surface area contributed by atoms with E-state index in [1.54, 1.807) is 0 Å². The lowest BCUT2D eigenvalue weighted by Gasteiger charge is -2.18. The molecule has 0 spiro atoms. The third-order valence-electron chi connectivity index (χ3n) is 4.40. The maximum Gasteiger partial charge on any atom is 0.416 e. The molecule has 0 saturated carbocycles. The van der Waals surface area contributed by atoms with E-state index < -0.39 is 17.8 Å².